The standard InChI is InChI=1S/C29H51N3O10/c33-19-9-12-24(29(39)40)32-27(36)16-15-26(35)31-18-11-23-42-21-8-7-20-41-22-10-17-30-25(34)13-5-3-1-2-4-6-14-28(37)38/h19,24H,1-18,20-23H2,(H,30,34)(H,31,35)(H,32,36)(H,37,38)(H,39,40)/t24-/m0/s1. The van der Waals surface area contributed by atoms with E-state index in [1.807, 2.05) is 0 Å². The molecule has 0 aromatic carbocycles. The third-order valence-electron chi connectivity index (χ3n) is 6.23. The average molecular weight is 602 g/mol. The van der Waals surface area contributed by atoms with Gasteiger partial charge in [0.05, 0.1) is 0 Å². The summed E-state index contributed by atoms with van der Waals surface area (Å²) in [7, 11) is 0. The summed E-state index contributed by atoms with van der Waals surface area (Å²) in [4.78, 5) is 67.4. The number of hydrogen-bond donors (Lipinski definition) is 5. The van der Waals surface area contributed by atoms with Crippen molar-refractivity contribution in [2.45, 2.75) is 109 Å². The van der Waals surface area contributed by atoms with Crippen molar-refractivity contribution in [1.82, 2.24) is 16.0 Å². The average Bonchev–Trinajstić information content (AvgIpc) is 2.95. The van der Waals surface area contributed by atoms with Crippen molar-refractivity contribution < 1.29 is 48.5 Å². The smallest absolute Gasteiger partial charge is 0.326 e. The first-order valence-electron chi connectivity index (χ1n) is 15.1. The van der Waals surface area contributed by atoms with Crippen LogP contribution >= 0.6 is 0 Å². The topological polar surface area (TPSA) is 197 Å². The highest BCUT2D eigenvalue weighted by Gasteiger charge is 2.19. The maximum absolute atomic E-state index is 11.8. The highest BCUT2D eigenvalue weighted by atomic mass is 16.5. The predicted molar refractivity (Wildman–Crippen MR) is 155 cm³/mol. The fourth-order valence-electron chi connectivity index (χ4n) is 3.85. The van der Waals surface area contributed by atoms with Gasteiger partial charge in [0, 0.05) is 71.6 Å². The molecule has 0 heterocycles. The quantitative estimate of drug-likeness (QED) is 0.0602. The van der Waals surface area contributed by atoms with Crippen LogP contribution in [0, 0.1) is 0 Å². The van der Waals surface area contributed by atoms with E-state index in [9.17, 15) is 28.8 Å². The van der Waals surface area contributed by atoms with E-state index in [1.54, 1.807) is 0 Å². The predicted octanol–water partition coefficient (Wildman–Crippen LogP) is 2.35. The minimum atomic E-state index is -1.22. The number of carbonyl (C=O) groups is 6. The summed E-state index contributed by atoms with van der Waals surface area (Å²) in [5.41, 5.74) is 0. The molecule has 42 heavy (non-hydrogen) atoms. The molecule has 0 fully saturated rings. The number of hydrogen-bond acceptors (Lipinski definition) is 8. The van der Waals surface area contributed by atoms with Crippen LogP contribution in [0.2, 0.25) is 0 Å². The Labute approximate surface area is 248 Å². The molecule has 13 nitrogen and oxygen atoms in total. The summed E-state index contributed by atoms with van der Waals surface area (Å²) >= 11 is 0. The molecular formula is C29H51N3O10. The van der Waals surface area contributed by atoms with Gasteiger partial charge in [-0.1, -0.05) is 25.7 Å². The van der Waals surface area contributed by atoms with Crippen molar-refractivity contribution in [3.8, 4) is 0 Å². The van der Waals surface area contributed by atoms with E-state index in [0.717, 1.165) is 57.8 Å². The summed E-state index contributed by atoms with van der Waals surface area (Å²) in [6, 6.07) is -1.14. The van der Waals surface area contributed by atoms with Crippen LogP contribution in [-0.2, 0) is 38.2 Å². The number of carboxylic acids is 2. The zero-order valence-corrected chi connectivity index (χ0v) is 24.9. The van der Waals surface area contributed by atoms with Crippen molar-refractivity contribution in [2.24, 2.45) is 0 Å². The number of nitrogens with one attached hydrogen (secondary N) is 3. The molecule has 0 unspecified atom stereocenters. The lowest BCUT2D eigenvalue weighted by atomic mass is 10.1. The molecule has 3 amide bonds. The summed E-state index contributed by atoms with van der Waals surface area (Å²) in [5.74, 6) is -2.77. The van der Waals surface area contributed by atoms with Gasteiger partial charge in [0.1, 0.15) is 12.3 Å². The number of carboxylic acid groups (broad SMARTS) is 2. The van der Waals surface area contributed by atoms with Crippen LogP contribution in [0.5, 0.6) is 0 Å². The lowest BCUT2D eigenvalue weighted by Crippen LogP contribution is -2.41. The van der Waals surface area contributed by atoms with Gasteiger partial charge >= 0.3 is 11.9 Å². The van der Waals surface area contributed by atoms with E-state index in [0.29, 0.717) is 58.6 Å². The van der Waals surface area contributed by atoms with E-state index < -0.39 is 23.9 Å². The van der Waals surface area contributed by atoms with Crippen molar-refractivity contribution in [3.63, 3.8) is 0 Å². The van der Waals surface area contributed by atoms with Gasteiger partial charge in [-0.05, 0) is 44.9 Å². The van der Waals surface area contributed by atoms with Crippen LogP contribution in [0.15, 0.2) is 0 Å². The Hall–Kier alpha value is -3.06. The highest BCUT2D eigenvalue weighted by molar-refractivity contribution is 5.87. The van der Waals surface area contributed by atoms with Gasteiger partial charge in [-0.2, -0.15) is 0 Å². The van der Waals surface area contributed by atoms with Gasteiger partial charge < -0.3 is 40.4 Å². The second kappa shape index (κ2) is 28.1. The Morgan fingerprint density at radius 1 is 0.595 bits per heavy atom. The van der Waals surface area contributed by atoms with E-state index in [2.05, 4.69) is 16.0 Å². The molecule has 0 aliphatic carbocycles. The molecule has 0 spiro atoms. The maximum atomic E-state index is 11.8. The van der Waals surface area contributed by atoms with E-state index in [4.69, 9.17) is 19.7 Å². The van der Waals surface area contributed by atoms with Crippen molar-refractivity contribution in [1.29, 1.82) is 0 Å². The zero-order chi connectivity index (χ0) is 31.3. The molecular weight excluding hydrogens is 550 g/mol. The first-order valence-corrected chi connectivity index (χ1v) is 15.1. The molecule has 13 heteroatoms. The number of aliphatic carboxylic acids is 2. The Kier molecular flexibility index (Phi) is 26.0. The number of ether oxygens (including phenoxy) is 2. The van der Waals surface area contributed by atoms with E-state index >= 15 is 0 Å². The molecule has 0 saturated carbocycles. The summed E-state index contributed by atoms with van der Waals surface area (Å²) in [6.07, 6.45) is 9.78. The third kappa shape index (κ3) is 27.1. The summed E-state index contributed by atoms with van der Waals surface area (Å²) in [5, 5.41) is 25.5. The van der Waals surface area contributed by atoms with Crippen molar-refractivity contribution in [2.75, 3.05) is 39.5 Å². The fourth-order valence-corrected chi connectivity index (χ4v) is 3.85. The van der Waals surface area contributed by atoms with Crippen LogP contribution in [0.1, 0.15) is 103 Å². The van der Waals surface area contributed by atoms with Gasteiger partial charge in [0.25, 0.3) is 0 Å². The first-order chi connectivity index (χ1) is 20.3. The molecule has 0 aliphatic rings. The molecule has 0 rings (SSSR count). The maximum Gasteiger partial charge on any atom is 0.326 e. The lowest BCUT2D eigenvalue weighted by Gasteiger charge is -2.13. The van der Waals surface area contributed by atoms with Crippen LogP contribution in [0.3, 0.4) is 0 Å². The molecule has 242 valence electrons. The second-order valence-electron chi connectivity index (χ2n) is 10.1. The number of aldehydes is 1. The van der Waals surface area contributed by atoms with Crippen molar-refractivity contribution >= 4 is 35.9 Å². The minimum Gasteiger partial charge on any atom is -0.481 e. The molecule has 0 bridgehead atoms. The molecule has 0 saturated heterocycles. The largest absolute Gasteiger partial charge is 0.481 e. The summed E-state index contributed by atoms with van der Waals surface area (Å²) in [6.45, 7) is 3.29. The van der Waals surface area contributed by atoms with Gasteiger partial charge in [-0.15, -0.1) is 0 Å². The monoisotopic (exact) mass is 601 g/mol. The minimum absolute atomic E-state index is 0.00859. The molecule has 0 radical (unpaired) electrons. The van der Waals surface area contributed by atoms with Gasteiger partial charge in [0.15, 0.2) is 0 Å². The van der Waals surface area contributed by atoms with Gasteiger partial charge in [-0.25, -0.2) is 4.79 Å². The molecule has 0 aromatic heterocycles. The number of rotatable bonds is 30. The Bertz CT molecular complexity index is 779. The number of unbranched alkanes of at least 4 members (excludes halogenated alkanes) is 6. The van der Waals surface area contributed by atoms with E-state index in [1.165, 1.54) is 0 Å². The van der Waals surface area contributed by atoms with Crippen LogP contribution in [0.25, 0.3) is 0 Å². The Morgan fingerprint density at radius 2 is 1.07 bits per heavy atom. The molecule has 0 aliphatic heterocycles. The Morgan fingerprint density at radius 3 is 1.60 bits per heavy atom. The van der Waals surface area contributed by atoms with Crippen LogP contribution in [0.4, 0.5) is 0 Å². The fraction of sp³-hybridized carbons (Fsp3) is 0.793. The SMILES string of the molecule is O=CCC[C@H](NC(=O)CCC(=O)NCCCOCCCCOCCCNC(=O)CCCCCCCCC(=O)O)C(=O)O. The van der Waals surface area contributed by atoms with Crippen molar-refractivity contribution in [3.05, 3.63) is 0 Å². The Balaban J connectivity index is 3.44. The highest BCUT2D eigenvalue weighted by Crippen LogP contribution is 2.08. The lowest BCUT2D eigenvalue weighted by molar-refractivity contribution is -0.142. The second-order valence-corrected chi connectivity index (χ2v) is 10.1. The normalized spacial score (nSPS) is 11.4. The first kappa shape index (κ1) is 38.9. The third-order valence-corrected chi connectivity index (χ3v) is 6.23. The van der Waals surface area contributed by atoms with Gasteiger partial charge in [0.2, 0.25) is 17.7 Å². The molecule has 0 aromatic rings. The number of amides is 3. The van der Waals surface area contributed by atoms with Gasteiger partial charge in [-0.3, -0.25) is 19.2 Å². The van der Waals surface area contributed by atoms with Crippen LogP contribution < -0.4 is 16.0 Å². The van der Waals surface area contributed by atoms with Crippen LogP contribution in [-0.4, -0.2) is 91.7 Å². The number of carbonyl (C=O) groups excluding carboxylic acids is 4. The molecule has 5 N–H and O–H groups in total. The zero-order valence-electron chi connectivity index (χ0n) is 24.9. The summed E-state index contributed by atoms with van der Waals surface area (Å²) < 4.78 is 11.1. The molecule has 1 atom stereocenters. The van der Waals surface area contributed by atoms with E-state index in [-0.39, 0.29) is 43.9 Å².